The number of rotatable bonds is 2. The fraction of sp³-hybridized carbons (Fsp3) is 0.412. The van der Waals surface area contributed by atoms with Crippen LogP contribution in [0.15, 0.2) is 30.4 Å². The van der Waals surface area contributed by atoms with Crippen LogP contribution in [0.1, 0.15) is 18.9 Å². The summed E-state index contributed by atoms with van der Waals surface area (Å²) < 4.78 is 5.27. The standard InChI is InChI=1S/C17H16ClNO3/c1-2-22-15(20)14-9-3-4-10(7-9)17(14)12-8-11(18)5-6-13(12)19-16(17)21/h3-6,8-10,14H,2,7H2,1H3,(H,19,21)/t9-,10+,14-,17-/m1/s1. The molecule has 5 heteroatoms. The Morgan fingerprint density at radius 1 is 1.45 bits per heavy atom. The first-order valence-corrected chi connectivity index (χ1v) is 7.93. The molecule has 1 heterocycles. The smallest absolute Gasteiger partial charge is 0.310 e. The van der Waals surface area contributed by atoms with Crippen molar-refractivity contribution >= 4 is 29.2 Å². The van der Waals surface area contributed by atoms with Crippen LogP contribution in [0.3, 0.4) is 0 Å². The minimum absolute atomic E-state index is 0.0200. The van der Waals surface area contributed by atoms with Gasteiger partial charge in [-0.25, -0.2) is 0 Å². The predicted octanol–water partition coefficient (Wildman–Crippen LogP) is 2.92. The minimum atomic E-state index is -0.869. The number of benzene rings is 1. The van der Waals surface area contributed by atoms with E-state index in [1.807, 2.05) is 18.2 Å². The lowest BCUT2D eigenvalue weighted by molar-refractivity contribution is -0.153. The fourth-order valence-electron chi connectivity index (χ4n) is 4.47. The van der Waals surface area contributed by atoms with E-state index in [1.54, 1.807) is 13.0 Å². The maximum Gasteiger partial charge on any atom is 0.310 e. The average molecular weight is 318 g/mol. The van der Waals surface area contributed by atoms with Gasteiger partial charge in [0.1, 0.15) is 0 Å². The second-order valence-electron chi connectivity index (χ2n) is 6.13. The van der Waals surface area contributed by atoms with Crippen molar-refractivity contribution in [3.05, 3.63) is 40.9 Å². The zero-order valence-corrected chi connectivity index (χ0v) is 12.9. The van der Waals surface area contributed by atoms with Crippen molar-refractivity contribution in [2.24, 2.45) is 17.8 Å². The summed E-state index contributed by atoms with van der Waals surface area (Å²) in [5.41, 5.74) is 0.718. The van der Waals surface area contributed by atoms with Crippen LogP contribution in [0.4, 0.5) is 5.69 Å². The SMILES string of the molecule is CCOC(=O)[C@H]1[C@@H]2C=C[C@@H](C2)[C@]12C(=O)Nc1ccc(Cl)cc12. The Labute approximate surface area is 133 Å². The molecule has 4 atom stereocenters. The van der Waals surface area contributed by atoms with Crippen LogP contribution in [0, 0.1) is 17.8 Å². The number of nitrogens with one attached hydrogen (secondary N) is 1. The lowest BCUT2D eigenvalue weighted by Crippen LogP contribution is -2.48. The zero-order valence-electron chi connectivity index (χ0n) is 12.1. The summed E-state index contributed by atoms with van der Waals surface area (Å²) in [6.07, 6.45) is 4.92. The third-order valence-corrected chi connectivity index (χ3v) is 5.45. The molecule has 4 rings (SSSR count). The molecule has 2 bridgehead atoms. The highest BCUT2D eigenvalue weighted by Crippen LogP contribution is 2.61. The van der Waals surface area contributed by atoms with Crippen LogP contribution < -0.4 is 5.32 Å². The molecule has 22 heavy (non-hydrogen) atoms. The van der Waals surface area contributed by atoms with Gasteiger partial charge in [-0.05, 0) is 48.9 Å². The van der Waals surface area contributed by atoms with Gasteiger partial charge in [-0.1, -0.05) is 23.8 Å². The monoisotopic (exact) mass is 317 g/mol. The first-order chi connectivity index (χ1) is 10.6. The van der Waals surface area contributed by atoms with E-state index in [0.29, 0.717) is 11.6 Å². The highest BCUT2D eigenvalue weighted by atomic mass is 35.5. The predicted molar refractivity (Wildman–Crippen MR) is 82.6 cm³/mol. The van der Waals surface area contributed by atoms with Crippen LogP contribution in [0.5, 0.6) is 0 Å². The summed E-state index contributed by atoms with van der Waals surface area (Å²) in [6.45, 7) is 2.10. The molecule has 1 aromatic carbocycles. The third-order valence-electron chi connectivity index (χ3n) is 5.21. The summed E-state index contributed by atoms with van der Waals surface area (Å²) in [5.74, 6) is -0.796. The van der Waals surface area contributed by atoms with Gasteiger partial charge < -0.3 is 10.1 Å². The van der Waals surface area contributed by atoms with E-state index in [1.165, 1.54) is 0 Å². The molecule has 0 aromatic heterocycles. The van der Waals surface area contributed by atoms with Crippen molar-refractivity contribution < 1.29 is 14.3 Å². The zero-order chi connectivity index (χ0) is 15.5. The van der Waals surface area contributed by atoms with Crippen molar-refractivity contribution in [3.63, 3.8) is 0 Å². The van der Waals surface area contributed by atoms with E-state index in [9.17, 15) is 9.59 Å². The number of carbonyl (C=O) groups excluding carboxylic acids is 2. The van der Waals surface area contributed by atoms with Gasteiger partial charge in [0, 0.05) is 10.7 Å². The molecule has 1 N–H and O–H groups in total. The number of carbonyl (C=O) groups is 2. The Morgan fingerprint density at radius 2 is 2.27 bits per heavy atom. The van der Waals surface area contributed by atoms with E-state index >= 15 is 0 Å². The van der Waals surface area contributed by atoms with Gasteiger partial charge in [-0.2, -0.15) is 0 Å². The van der Waals surface area contributed by atoms with Crippen LogP contribution >= 0.6 is 11.6 Å². The van der Waals surface area contributed by atoms with Gasteiger partial charge in [-0.15, -0.1) is 0 Å². The number of allylic oxidation sites excluding steroid dienone is 2. The van der Waals surface area contributed by atoms with Crippen LogP contribution in [0.2, 0.25) is 5.02 Å². The fourth-order valence-corrected chi connectivity index (χ4v) is 4.64. The minimum Gasteiger partial charge on any atom is -0.466 e. The van der Waals surface area contributed by atoms with Gasteiger partial charge in [-0.3, -0.25) is 9.59 Å². The highest BCUT2D eigenvalue weighted by Gasteiger charge is 2.67. The highest BCUT2D eigenvalue weighted by molar-refractivity contribution is 6.31. The average Bonchev–Trinajstić information content (AvgIpc) is 3.14. The topological polar surface area (TPSA) is 55.4 Å². The Kier molecular flexibility index (Phi) is 2.89. The van der Waals surface area contributed by atoms with Gasteiger partial charge in [0.05, 0.1) is 17.9 Å². The van der Waals surface area contributed by atoms with E-state index < -0.39 is 11.3 Å². The number of ether oxygens (including phenoxy) is 1. The van der Waals surface area contributed by atoms with Crippen molar-refractivity contribution in [3.8, 4) is 0 Å². The van der Waals surface area contributed by atoms with E-state index in [-0.39, 0.29) is 23.7 Å². The molecular weight excluding hydrogens is 302 g/mol. The maximum atomic E-state index is 12.9. The summed E-state index contributed by atoms with van der Waals surface area (Å²) in [6, 6.07) is 5.37. The first kappa shape index (κ1) is 13.8. The molecule has 1 spiro atoms. The number of hydrogen-bond donors (Lipinski definition) is 1. The second kappa shape index (κ2) is 4.59. The van der Waals surface area contributed by atoms with Crippen molar-refractivity contribution in [2.45, 2.75) is 18.8 Å². The number of fused-ring (bicyclic) bond motifs is 5. The Bertz CT molecular complexity index is 714. The van der Waals surface area contributed by atoms with E-state index in [0.717, 1.165) is 17.7 Å². The summed E-state index contributed by atoms with van der Waals surface area (Å²) in [4.78, 5) is 25.4. The molecular formula is C17H16ClNO3. The molecule has 3 aliphatic rings. The molecule has 1 aromatic rings. The molecule has 4 nitrogen and oxygen atoms in total. The first-order valence-electron chi connectivity index (χ1n) is 7.55. The molecule has 2 aliphatic carbocycles. The molecule has 1 amide bonds. The lowest BCUT2D eigenvalue weighted by atomic mass is 9.65. The van der Waals surface area contributed by atoms with Gasteiger partial charge in [0.2, 0.25) is 5.91 Å². The number of amides is 1. The quantitative estimate of drug-likeness (QED) is 0.674. The van der Waals surface area contributed by atoms with Crippen molar-refractivity contribution in [1.82, 2.24) is 0 Å². The summed E-state index contributed by atoms with van der Waals surface area (Å²) >= 11 is 6.15. The number of esters is 1. The molecule has 1 aliphatic heterocycles. The second-order valence-corrected chi connectivity index (χ2v) is 6.57. The number of anilines is 1. The molecule has 1 saturated carbocycles. The molecule has 0 radical (unpaired) electrons. The largest absolute Gasteiger partial charge is 0.466 e. The Hall–Kier alpha value is -1.81. The van der Waals surface area contributed by atoms with Crippen molar-refractivity contribution in [2.75, 3.05) is 11.9 Å². The third kappa shape index (κ3) is 1.53. The number of hydrogen-bond acceptors (Lipinski definition) is 3. The van der Waals surface area contributed by atoms with Gasteiger partial charge in [0.25, 0.3) is 0 Å². The van der Waals surface area contributed by atoms with Crippen LogP contribution in [0.25, 0.3) is 0 Å². The lowest BCUT2D eigenvalue weighted by Gasteiger charge is -2.35. The molecule has 0 unspecified atom stereocenters. The maximum absolute atomic E-state index is 12.9. The molecule has 0 saturated heterocycles. The molecule has 114 valence electrons. The Balaban J connectivity index is 1.92. The van der Waals surface area contributed by atoms with Gasteiger partial charge in [0.15, 0.2) is 0 Å². The van der Waals surface area contributed by atoms with E-state index in [2.05, 4.69) is 11.4 Å². The normalized spacial score (nSPS) is 34.1. The van der Waals surface area contributed by atoms with Gasteiger partial charge >= 0.3 is 5.97 Å². The molecule has 1 fully saturated rings. The summed E-state index contributed by atoms with van der Waals surface area (Å²) in [7, 11) is 0. The van der Waals surface area contributed by atoms with Crippen LogP contribution in [-0.2, 0) is 19.7 Å². The van der Waals surface area contributed by atoms with Crippen LogP contribution in [-0.4, -0.2) is 18.5 Å². The summed E-state index contributed by atoms with van der Waals surface area (Å²) in [5, 5.41) is 3.50. The number of halogens is 1. The Morgan fingerprint density at radius 3 is 3.05 bits per heavy atom. The van der Waals surface area contributed by atoms with E-state index in [4.69, 9.17) is 16.3 Å². The van der Waals surface area contributed by atoms with Crippen molar-refractivity contribution in [1.29, 1.82) is 0 Å².